The number of carbonyl (C=O) groups excluding carboxylic acids is 1. The van der Waals surface area contributed by atoms with Crippen molar-refractivity contribution in [2.75, 3.05) is 0 Å². The van der Waals surface area contributed by atoms with Crippen molar-refractivity contribution in [2.45, 2.75) is 32.4 Å². The predicted octanol–water partition coefficient (Wildman–Crippen LogP) is 2.21. The molecule has 1 amide bonds. The van der Waals surface area contributed by atoms with E-state index < -0.39 is 0 Å². The standard InChI is InChI=1S/C17H16N4O3S/c1-10-7-13(24-20-10)12-8-16(23)21(9-15(22)18-11-4-5-11)19-17(12)14-3-2-6-25-14/h2-3,6-8,11H,4-5,9H2,1H3,(H,18,22). The fourth-order valence-corrected chi connectivity index (χ4v) is 3.24. The molecule has 1 N–H and O–H groups in total. The highest BCUT2D eigenvalue weighted by Crippen LogP contribution is 2.32. The minimum atomic E-state index is -0.352. The molecule has 3 aromatic heterocycles. The number of rotatable bonds is 5. The number of nitrogens with one attached hydrogen (secondary N) is 1. The average molecular weight is 356 g/mol. The monoisotopic (exact) mass is 356 g/mol. The van der Waals surface area contributed by atoms with Gasteiger partial charge in [0.05, 0.1) is 16.1 Å². The van der Waals surface area contributed by atoms with E-state index in [1.165, 1.54) is 22.1 Å². The van der Waals surface area contributed by atoms with Crippen molar-refractivity contribution in [3.05, 3.63) is 45.7 Å². The summed E-state index contributed by atoms with van der Waals surface area (Å²) in [5, 5.41) is 13.1. The van der Waals surface area contributed by atoms with Crippen molar-refractivity contribution < 1.29 is 9.32 Å². The van der Waals surface area contributed by atoms with Crippen LogP contribution in [0.3, 0.4) is 0 Å². The lowest BCUT2D eigenvalue weighted by molar-refractivity contribution is -0.122. The zero-order chi connectivity index (χ0) is 17.4. The van der Waals surface area contributed by atoms with E-state index >= 15 is 0 Å². The van der Waals surface area contributed by atoms with Crippen molar-refractivity contribution in [3.8, 4) is 21.9 Å². The second kappa shape index (κ2) is 6.29. The van der Waals surface area contributed by atoms with Gasteiger partial charge in [-0.05, 0) is 31.2 Å². The van der Waals surface area contributed by atoms with Crippen molar-refractivity contribution in [3.63, 3.8) is 0 Å². The molecule has 1 aliphatic carbocycles. The summed E-state index contributed by atoms with van der Waals surface area (Å²) < 4.78 is 6.51. The van der Waals surface area contributed by atoms with Crippen LogP contribution >= 0.6 is 11.3 Å². The van der Waals surface area contributed by atoms with Crippen molar-refractivity contribution in [1.29, 1.82) is 0 Å². The summed E-state index contributed by atoms with van der Waals surface area (Å²) in [6.07, 6.45) is 2.00. The zero-order valence-corrected chi connectivity index (χ0v) is 14.4. The molecule has 0 atom stereocenters. The van der Waals surface area contributed by atoms with Gasteiger partial charge in [0, 0.05) is 18.2 Å². The first-order valence-corrected chi connectivity index (χ1v) is 8.87. The predicted molar refractivity (Wildman–Crippen MR) is 93.2 cm³/mol. The number of hydrogen-bond acceptors (Lipinski definition) is 6. The van der Waals surface area contributed by atoms with E-state index in [0.29, 0.717) is 17.0 Å². The van der Waals surface area contributed by atoms with Gasteiger partial charge in [-0.25, -0.2) is 4.68 Å². The molecule has 7 nitrogen and oxygen atoms in total. The van der Waals surface area contributed by atoms with Crippen LogP contribution in [0.2, 0.25) is 0 Å². The van der Waals surface area contributed by atoms with Gasteiger partial charge < -0.3 is 9.84 Å². The second-order valence-corrected chi connectivity index (χ2v) is 7.00. The Morgan fingerprint density at radius 3 is 2.92 bits per heavy atom. The lowest BCUT2D eigenvalue weighted by Crippen LogP contribution is -2.34. The van der Waals surface area contributed by atoms with Crippen LogP contribution in [0.5, 0.6) is 0 Å². The fraction of sp³-hybridized carbons (Fsp3) is 0.294. The quantitative estimate of drug-likeness (QED) is 0.757. The number of aryl methyl sites for hydroxylation is 1. The molecule has 4 rings (SSSR count). The molecule has 3 heterocycles. The first kappa shape index (κ1) is 15.8. The number of hydrogen-bond donors (Lipinski definition) is 1. The number of aromatic nitrogens is 3. The summed E-state index contributed by atoms with van der Waals surface area (Å²) >= 11 is 1.51. The van der Waals surface area contributed by atoms with Crippen LogP contribution in [0.4, 0.5) is 0 Å². The second-order valence-electron chi connectivity index (χ2n) is 6.05. The van der Waals surface area contributed by atoms with Gasteiger partial charge in [0.15, 0.2) is 5.76 Å². The number of amides is 1. The van der Waals surface area contributed by atoms with Gasteiger partial charge in [-0.3, -0.25) is 9.59 Å². The molecule has 1 fully saturated rings. The van der Waals surface area contributed by atoms with E-state index in [9.17, 15) is 9.59 Å². The van der Waals surface area contributed by atoms with E-state index in [2.05, 4.69) is 15.6 Å². The SMILES string of the molecule is Cc1cc(-c2cc(=O)n(CC(=O)NC3CC3)nc2-c2cccs2)on1. The maximum absolute atomic E-state index is 12.4. The van der Waals surface area contributed by atoms with E-state index in [-0.39, 0.29) is 24.1 Å². The largest absolute Gasteiger partial charge is 0.356 e. The first-order chi connectivity index (χ1) is 12.1. The van der Waals surface area contributed by atoms with E-state index in [0.717, 1.165) is 23.4 Å². The Kier molecular flexibility index (Phi) is 3.96. The Bertz CT molecular complexity index is 970. The molecule has 0 spiro atoms. The van der Waals surface area contributed by atoms with Crippen LogP contribution in [0.1, 0.15) is 18.5 Å². The molecule has 0 radical (unpaired) electrons. The highest BCUT2D eigenvalue weighted by Gasteiger charge is 2.24. The number of thiophene rings is 1. The van der Waals surface area contributed by atoms with E-state index in [4.69, 9.17) is 4.52 Å². The fourth-order valence-electron chi connectivity index (χ4n) is 2.51. The lowest BCUT2D eigenvalue weighted by atomic mass is 10.1. The molecular formula is C17H16N4O3S. The van der Waals surface area contributed by atoms with Crippen LogP contribution < -0.4 is 10.9 Å². The Morgan fingerprint density at radius 1 is 1.44 bits per heavy atom. The van der Waals surface area contributed by atoms with Crippen LogP contribution in [0, 0.1) is 6.92 Å². The minimum Gasteiger partial charge on any atom is -0.356 e. The van der Waals surface area contributed by atoms with Gasteiger partial charge in [0.25, 0.3) is 5.56 Å². The van der Waals surface area contributed by atoms with Gasteiger partial charge in [0.2, 0.25) is 5.91 Å². The zero-order valence-electron chi connectivity index (χ0n) is 13.6. The number of nitrogens with zero attached hydrogens (tertiary/aromatic N) is 3. The summed E-state index contributed by atoms with van der Waals surface area (Å²) in [5.74, 6) is 0.289. The third kappa shape index (κ3) is 3.39. The van der Waals surface area contributed by atoms with Crippen LogP contribution in [-0.4, -0.2) is 26.9 Å². The van der Waals surface area contributed by atoms with Gasteiger partial charge in [-0.15, -0.1) is 11.3 Å². The number of carbonyl (C=O) groups is 1. The lowest BCUT2D eigenvalue weighted by Gasteiger charge is -2.09. The minimum absolute atomic E-state index is 0.0938. The van der Waals surface area contributed by atoms with Gasteiger partial charge in [-0.2, -0.15) is 5.10 Å². The summed E-state index contributed by atoms with van der Waals surface area (Å²) in [7, 11) is 0. The molecule has 25 heavy (non-hydrogen) atoms. The molecule has 8 heteroatoms. The Balaban J connectivity index is 1.75. The van der Waals surface area contributed by atoms with E-state index in [1.807, 2.05) is 24.4 Å². The third-order valence-corrected chi connectivity index (χ3v) is 4.76. The third-order valence-electron chi connectivity index (χ3n) is 3.88. The molecule has 0 saturated heterocycles. The van der Waals surface area contributed by atoms with Crippen LogP contribution in [0.25, 0.3) is 21.9 Å². The highest BCUT2D eigenvalue weighted by molar-refractivity contribution is 7.13. The molecule has 3 aromatic rings. The maximum atomic E-state index is 12.4. The molecule has 1 aliphatic rings. The first-order valence-electron chi connectivity index (χ1n) is 7.99. The van der Waals surface area contributed by atoms with Crippen molar-refractivity contribution in [2.24, 2.45) is 0 Å². The maximum Gasteiger partial charge on any atom is 0.268 e. The molecular weight excluding hydrogens is 340 g/mol. The Hall–Kier alpha value is -2.74. The summed E-state index contributed by atoms with van der Waals surface area (Å²) in [5.41, 5.74) is 1.55. The molecule has 0 aliphatic heterocycles. The Labute approximate surface area is 147 Å². The molecule has 0 aromatic carbocycles. The summed E-state index contributed by atoms with van der Waals surface area (Å²) in [6, 6.07) is 7.28. The van der Waals surface area contributed by atoms with Gasteiger partial charge in [-0.1, -0.05) is 11.2 Å². The highest BCUT2D eigenvalue weighted by atomic mass is 32.1. The summed E-state index contributed by atoms with van der Waals surface area (Å²) in [4.78, 5) is 25.4. The van der Waals surface area contributed by atoms with Crippen molar-refractivity contribution >= 4 is 17.2 Å². The normalized spacial score (nSPS) is 13.8. The molecule has 0 bridgehead atoms. The summed E-state index contributed by atoms with van der Waals surface area (Å²) in [6.45, 7) is 1.72. The topological polar surface area (TPSA) is 90.0 Å². The average Bonchev–Trinajstić information content (AvgIpc) is 3.06. The van der Waals surface area contributed by atoms with Crippen LogP contribution in [0.15, 0.2) is 39.0 Å². The van der Waals surface area contributed by atoms with Gasteiger partial charge >= 0.3 is 0 Å². The Morgan fingerprint density at radius 2 is 2.28 bits per heavy atom. The van der Waals surface area contributed by atoms with Crippen molar-refractivity contribution in [1.82, 2.24) is 20.3 Å². The molecule has 1 saturated carbocycles. The van der Waals surface area contributed by atoms with Crippen LogP contribution in [-0.2, 0) is 11.3 Å². The van der Waals surface area contributed by atoms with Gasteiger partial charge in [0.1, 0.15) is 12.2 Å². The molecule has 128 valence electrons. The molecule has 0 unspecified atom stereocenters. The smallest absolute Gasteiger partial charge is 0.268 e. The van der Waals surface area contributed by atoms with E-state index in [1.54, 1.807) is 6.07 Å².